The third kappa shape index (κ3) is 3.38. The number of aromatic nitrogens is 4. The number of rotatable bonds is 5. The first-order chi connectivity index (χ1) is 14.0. The number of halogens is 1. The van der Waals surface area contributed by atoms with Gasteiger partial charge in [0, 0.05) is 18.3 Å². The van der Waals surface area contributed by atoms with Gasteiger partial charge in [0.05, 0.1) is 50.3 Å². The van der Waals surface area contributed by atoms with Crippen LogP contribution in [-0.4, -0.2) is 39.0 Å². The van der Waals surface area contributed by atoms with E-state index in [1.54, 1.807) is 30.4 Å². The number of hydrogen-bond acceptors (Lipinski definition) is 5. The Morgan fingerprint density at radius 2 is 2.28 bits per heavy atom. The highest BCUT2D eigenvalue weighted by Gasteiger charge is 2.29. The molecule has 8 nitrogen and oxygen atoms in total. The Morgan fingerprint density at radius 3 is 3.03 bits per heavy atom. The van der Waals surface area contributed by atoms with Crippen molar-refractivity contribution >= 4 is 17.5 Å². The highest BCUT2D eigenvalue weighted by molar-refractivity contribution is 6.33. The van der Waals surface area contributed by atoms with Crippen molar-refractivity contribution in [1.82, 2.24) is 24.6 Å². The summed E-state index contributed by atoms with van der Waals surface area (Å²) in [5.74, 6) is 0.341. The van der Waals surface area contributed by atoms with E-state index in [1.165, 1.54) is 0 Å². The van der Waals surface area contributed by atoms with Crippen LogP contribution in [0, 0.1) is 0 Å². The van der Waals surface area contributed by atoms with E-state index in [0.29, 0.717) is 35.4 Å². The second kappa shape index (κ2) is 7.88. The van der Waals surface area contributed by atoms with Gasteiger partial charge in [-0.1, -0.05) is 24.6 Å². The van der Waals surface area contributed by atoms with Crippen LogP contribution < -0.4 is 10.1 Å². The van der Waals surface area contributed by atoms with E-state index in [1.807, 2.05) is 30.7 Å². The molecule has 0 bridgehead atoms. The molecule has 1 N–H and O–H groups in total. The van der Waals surface area contributed by atoms with Crippen molar-refractivity contribution in [3.63, 3.8) is 0 Å². The number of imidazole rings is 1. The van der Waals surface area contributed by atoms with Crippen LogP contribution in [0.15, 0.2) is 30.7 Å². The average Bonchev–Trinajstić information content (AvgIpc) is 3.32. The van der Waals surface area contributed by atoms with Crippen LogP contribution >= 0.6 is 11.6 Å². The molecule has 1 aliphatic heterocycles. The number of nitrogens with zero attached hydrogens (tertiary/aromatic N) is 4. The molecule has 0 saturated heterocycles. The summed E-state index contributed by atoms with van der Waals surface area (Å²) in [5.41, 5.74) is 3.76. The first-order valence-corrected chi connectivity index (χ1v) is 9.71. The lowest BCUT2D eigenvalue weighted by atomic mass is 10.1. The molecule has 0 aliphatic carbocycles. The fraction of sp³-hybridized carbons (Fsp3) is 0.350. The molecule has 29 heavy (non-hydrogen) atoms. The van der Waals surface area contributed by atoms with Crippen LogP contribution in [0.4, 0.5) is 0 Å². The lowest BCUT2D eigenvalue weighted by molar-refractivity contribution is 0.0684. The van der Waals surface area contributed by atoms with E-state index in [-0.39, 0.29) is 11.9 Å². The summed E-state index contributed by atoms with van der Waals surface area (Å²) in [4.78, 5) is 17.1. The number of methoxy groups -OCH3 is 1. The molecule has 1 amide bonds. The highest BCUT2D eigenvalue weighted by atomic mass is 35.5. The Hall–Kier alpha value is -2.84. The quantitative estimate of drug-likeness (QED) is 0.692. The summed E-state index contributed by atoms with van der Waals surface area (Å²) < 4.78 is 14.6. The Kier molecular flexibility index (Phi) is 5.29. The lowest BCUT2D eigenvalue weighted by Gasteiger charge is -2.24. The molecule has 0 fully saturated rings. The fourth-order valence-electron chi connectivity index (χ4n) is 3.62. The molecule has 1 aliphatic rings. The Balaban J connectivity index is 1.64. The van der Waals surface area contributed by atoms with Gasteiger partial charge in [-0.25, -0.2) is 9.67 Å². The van der Waals surface area contributed by atoms with Crippen LogP contribution in [-0.2, 0) is 24.8 Å². The van der Waals surface area contributed by atoms with Crippen LogP contribution in [0.3, 0.4) is 0 Å². The first-order valence-electron chi connectivity index (χ1n) is 9.33. The number of amides is 1. The predicted octanol–water partition coefficient (Wildman–Crippen LogP) is 2.83. The van der Waals surface area contributed by atoms with Gasteiger partial charge in [0.25, 0.3) is 5.91 Å². The number of benzene rings is 1. The highest BCUT2D eigenvalue weighted by Crippen LogP contribution is 2.33. The minimum Gasteiger partial charge on any atom is -0.495 e. The van der Waals surface area contributed by atoms with Crippen LogP contribution in [0.25, 0.3) is 5.69 Å². The summed E-state index contributed by atoms with van der Waals surface area (Å²) in [5, 5.41) is 7.99. The molecule has 0 saturated carbocycles. The summed E-state index contributed by atoms with van der Waals surface area (Å²) in [6.07, 6.45) is 4.12. The minimum absolute atomic E-state index is 0.226. The third-order valence-corrected chi connectivity index (χ3v) is 5.49. The van der Waals surface area contributed by atoms with Crippen molar-refractivity contribution in [3.05, 3.63) is 58.4 Å². The van der Waals surface area contributed by atoms with Gasteiger partial charge in [-0.05, 0) is 18.6 Å². The maximum atomic E-state index is 12.8. The molecule has 1 atom stereocenters. The Bertz CT molecular complexity index is 1060. The van der Waals surface area contributed by atoms with E-state index in [9.17, 15) is 4.79 Å². The Labute approximate surface area is 173 Å². The zero-order valence-corrected chi connectivity index (χ0v) is 17.2. The Morgan fingerprint density at radius 1 is 1.45 bits per heavy atom. The van der Waals surface area contributed by atoms with Crippen molar-refractivity contribution in [3.8, 4) is 11.4 Å². The summed E-state index contributed by atoms with van der Waals surface area (Å²) in [6.45, 7) is 2.74. The van der Waals surface area contributed by atoms with Gasteiger partial charge in [0.15, 0.2) is 0 Å². The van der Waals surface area contributed by atoms with Crippen LogP contribution in [0.2, 0.25) is 5.02 Å². The van der Waals surface area contributed by atoms with Gasteiger partial charge < -0.3 is 19.4 Å². The van der Waals surface area contributed by atoms with E-state index >= 15 is 0 Å². The van der Waals surface area contributed by atoms with E-state index in [2.05, 4.69) is 15.4 Å². The number of carbonyl (C=O) groups excluding carboxylic acids is 1. The van der Waals surface area contributed by atoms with Crippen molar-refractivity contribution in [2.24, 2.45) is 7.05 Å². The first kappa shape index (κ1) is 19.5. The van der Waals surface area contributed by atoms with Crippen molar-refractivity contribution < 1.29 is 14.3 Å². The molecule has 4 rings (SSSR count). The number of fused-ring (bicyclic) bond motifs is 1. The van der Waals surface area contributed by atoms with E-state index in [4.69, 9.17) is 21.1 Å². The normalized spacial score (nSPS) is 15.8. The molecule has 9 heteroatoms. The van der Waals surface area contributed by atoms with Crippen molar-refractivity contribution in [1.29, 1.82) is 0 Å². The van der Waals surface area contributed by atoms with Gasteiger partial charge in [-0.2, -0.15) is 5.10 Å². The number of aryl methyl sites for hydroxylation is 1. The van der Waals surface area contributed by atoms with Crippen molar-refractivity contribution in [2.75, 3.05) is 13.7 Å². The molecule has 152 valence electrons. The van der Waals surface area contributed by atoms with Crippen LogP contribution in [0.5, 0.6) is 5.75 Å². The molecular weight excluding hydrogens is 394 g/mol. The molecule has 1 aromatic carbocycles. The maximum absolute atomic E-state index is 12.8. The summed E-state index contributed by atoms with van der Waals surface area (Å²) in [7, 11) is 3.45. The fourth-order valence-corrected chi connectivity index (χ4v) is 3.90. The second-order valence-corrected chi connectivity index (χ2v) is 7.18. The van der Waals surface area contributed by atoms with Crippen LogP contribution in [0.1, 0.15) is 40.4 Å². The topological polar surface area (TPSA) is 83.2 Å². The number of ether oxygens (including phenoxy) is 2. The van der Waals surface area contributed by atoms with E-state index < -0.39 is 0 Å². The van der Waals surface area contributed by atoms with Crippen molar-refractivity contribution in [2.45, 2.75) is 26.0 Å². The molecule has 0 unspecified atom stereocenters. The lowest BCUT2D eigenvalue weighted by Crippen LogP contribution is -2.35. The molecule has 0 radical (unpaired) electrons. The maximum Gasteiger partial charge on any atom is 0.272 e. The number of nitrogens with one attached hydrogen (secondary N) is 1. The minimum atomic E-state index is -0.323. The molecule has 2 aromatic heterocycles. The van der Waals surface area contributed by atoms with Gasteiger partial charge in [-0.15, -0.1) is 0 Å². The van der Waals surface area contributed by atoms with E-state index in [0.717, 1.165) is 23.4 Å². The monoisotopic (exact) mass is 415 g/mol. The average molecular weight is 416 g/mol. The van der Waals surface area contributed by atoms with Gasteiger partial charge in [0.2, 0.25) is 0 Å². The van der Waals surface area contributed by atoms with Gasteiger partial charge in [-0.3, -0.25) is 4.79 Å². The zero-order chi connectivity index (χ0) is 20.5. The molecular formula is C20H22ClN5O3. The predicted molar refractivity (Wildman–Crippen MR) is 108 cm³/mol. The largest absolute Gasteiger partial charge is 0.495 e. The zero-order valence-electron chi connectivity index (χ0n) is 16.5. The number of carbonyl (C=O) groups is 1. The van der Waals surface area contributed by atoms with Gasteiger partial charge in [0.1, 0.15) is 16.5 Å². The standard InChI is InChI=1S/C20H22ClN5O3/c1-4-14-19(22-11-25(14)2)20(27)24-13-9-29-10-16-12(13)8-23-26(16)15-6-5-7-17(28-3)18(15)21/h5-8,11,13H,4,9-10H2,1-3H3,(H,24,27)/t13-/m0/s1. The summed E-state index contributed by atoms with van der Waals surface area (Å²) >= 11 is 6.47. The molecule has 3 aromatic rings. The number of hydrogen-bond donors (Lipinski definition) is 1. The molecule has 3 heterocycles. The smallest absolute Gasteiger partial charge is 0.272 e. The third-order valence-electron chi connectivity index (χ3n) is 5.11. The summed E-state index contributed by atoms with van der Waals surface area (Å²) in [6, 6.07) is 5.18. The SMILES string of the molecule is CCc1c(C(=O)N[C@H]2COCc3c2cnn3-c2cccc(OC)c2Cl)ncn1C. The van der Waals surface area contributed by atoms with Gasteiger partial charge >= 0.3 is 0 Å². The second-order valence-electron chi connectivity index (χ2n) is 6.80. The molecule has 0 spiro atoms.